The Hall–Kier alpha value is -0.0800. The molecule has 2 heteroatoms. The fourth-order valence-corrected chi connectivity index (χ4v) is 2.80. The van der Waals surface area contributed by atoms with Crippen molar-refractivity contribution in [1.82, 2.24) is 5.32 Å². The van der Waals surface area contributed by atoms with Gasteiger partial charge in [-0.15, -0.1) is 0 Å². The van der Waals surface area contributed by atoms with Crippen molar-refractivity contribution in [3.63, 3.8) is 0 Å². The molecule has 1 aliphatic carbocycles. The number of likely N-dealkylation sites (N-methyl/N-ethyl adjacent to an activating group) is 1. The highest BCUT2D eigenvalue weighted by molar-refractivity contribution is 4.87. The Morgan fingerprint density at radius 1 is 1.33 bits per heavy atom. The van der Waals surface area contributed by atoms with Crippen LogP contribution in [-0.4, -0.2) is 25.3 Å². The van der Waals surface area contributed by atoms with Crippen LogP contribution in [0.5, 0.6) is 0 Å². The third kappa shape index (κ3) is 3.76. The molecule has 0 spiro atoms. The molecule has 0 aromatic carbocycles. The molecule has 1 fully saturated rings. The predicted octanol–water partition coefficient (Wildman–Crippen LogP) is 2.97. The molecular formula is C13H27NO. The van der Waals surface area contributed by atoms with Gasteiger partial charge in [-0.1, -0.05) is 25.7 Å². The van der Waals surface area contributed by atoms with Crippen molar-refractivity contribution in [2.45, 2.75) is 64.5 Å². The molecule has 0 bridgehead atoms. The summed E-state index contributed by atoms with van der Waals surface area (Å²) >= 11 is 0. The Kier molecular flexibility index (Phi) is 5.07. The first-order valence-electron chi connectivity index (χ1n) is 6.41. The van der Waals surface area contributed by atoms with Crippen molar-refractivity contribution in [3.8, 4) is 0 Å². The van der Waals surface area contributed by atoms with Gasteiger partial charge in [0.15, 0.2) is 0 Å². The predicted molar refractivity (Wildman–Crippen MR) is 65.1 cm³/mol. The highest BCUT2D eigenvalue weighted by atomic mass is 16.5. The van der Waals surface area contributed by atoms with E-state index >= 15 is 0 Å². The van der Waals surface area contributed by atoms with E-state index in [0.29, 0.717) is 6.04 Å². The van der Waals surface area contributed by atoms with E-state index in [-0.39, 0.29) is 5.60 Å². The lowest BCUT2D eigenvalue weighted by Crippen LogP contribution is -2.48. The fraction of sp³-hybridized carbons (Fsp3) is 1.00. The van der Waals surface area contributed by atoms with Gasteiger partial charge in [-0.2, -0.15) is 0 Å². The maximum atomic E-state index is 5.83. The molecule has 1 saturated carbocycles. The van der Waals surface area contributed by atoms with Crippen LogP contribution in [0, 0.1) is 5.92 Å². The third-order valence-electron chi connectivity index (χ3n) is 3.75. The van der Waals surface area contributed by atoms with Crippen molar-refractivity contribution < 1.29 is 4.74 Å². The molecule has 0 heterocycles. The van der Waals surface area contributed by atoms with Crippen molar-refractivity contribution in [3.05, 3.63) is 0 Å². The molecule has 0 radical (unpaired) electrons. The van der Waals surface area contributed by atoms with E-state index in [4.69, 9.17) is 4.74 Å². The SMILES string of the molecule is CCOC(C)(C)C(CC1CCCC1)NC. The van der Waals surface area contributed by atoms with Crippen LogP contribution in [0.4, 0.5) is 0 Å². The van der Waals surface area contributed by atoms with Crippen molar-refractivity contribution in [2.24, 2.45) is 5.92 Å². The number of hydrogen-bond donors (Lipinski definition) is 1. The van der Waals surface area contributed by atoms with Gasteiger partial charge in [-0.3, -0.25) is 0 Å². The minimum Gasteiger partial charge on any atom is -0.374 e. The summed E-state index contributed by atoms with van der Waals surface area (Å²) in [6.07, 6.45) is 6.95. The lowest BCUT2D eigenvalue weighted by Gasteiger charge is -2.35. The highest BCUT2D eigenvalue weighted by Crippen LogP contribution is 2.31. The molecule has 0 aliphatic heterocycles. The van der Waals surface area contributed by atoms with Gasteiger partial charge in [0, 0.05) is 12.6 Å². The summed E-state index contributed by atoms with van der Waals surface area (Å²) in [6.45, 7) is 7.28. The number of nitrogens with one attached hydrogen (secondary N) is 1. The molecule has 1 aliphatic rings. The molecule has 1 unspecified atom stereocenters. The van der Waals surface area contributed by atoms with E-state index in [1.165, 1.54) is 32.1 Å². The first kappa shape index (κ1) is 13.0. The Bertz CT molecular complexity index is 173. The van der Waals surface area contributed by atoms with E-state index in [1.54, 1.807) is 0 Å². The molecule has 0 aromatic heterocycles. The summed E-state index contributed by atoms with van der Waals surface area (Å²) in [6, 6.07) is 0.487. The molecule has 1 rings (SSSR count). The lowest BCUT2D eigenvalue weighted by molar-refractivity contribution is -0.0417. The van der Waals surface area contributed by atoms with Crippen LogP contribution in [0.15, 0.2) is 0 Å². The Labute approximate surface area is 94.8 Å². The zero-order valence-corrected chi connectivity index (χ0v) is 10.8. The zero-order chi connectivity index (χ0) is 11.3. The van der Waals surface area contributed by atoms with E-state index in [1.807, 2.05) is 0 Å². The summed E-state index contributed by atoms with van der Waals surface area (Å²) in [5.74, 6) is 0.919. The van der Waals surface area contributed by atoms with Crippen LogP contribution in [0.2, 0.25) is 0 Å². The Morgan fingerprint density at radius 2 is 1.93 bits per heavy atom. The van der Waals surface area contributed by atoms with Gasteiger partial charge in [0.05, 0.1) is 5.60 Å². The first-order chi connectivity index (χ1) is 7.10. The quantitative estimate of drug-likeness (QED) is 0.732. The van der Waals surface area contributed by atoms with Crippen LogP contribution in [0.25, 0.3) is 0 Å². The second kappa shape index (κ2) is 5.86. The average Bonchev–Trinajstić information content (AvgIpc) is 2.66. The van der Waals surface area contributed by atoms with Gasteiger partial charge < -0.3 is 10.1 Å². The molecule has 90 valence electrons. The molecule has 0 aromatic rings. The Balaban J connectivity index is 2.45. The van der Waals surface area contributed by atoms with Gasteiger partial charge in [0.2, 0.25) is 0 Å². The van der Waals surface area contributed by atoms with Gasteiger partial charge in [-0.05, 0) is 40.2 Å². The zero-order valence-electron chi connectivity index (χ0n) is 10.8. The second-order valence-electron chi connectivity index (χ2n) is 5.26. The maximum absolute atomic E-state index is 5.83. The number of ether oxygens (including phenoxy) is 1. The molecule has 0 amide bonds. The second-order valence-corrected chi connectivity index (χ2v) is 5.26. The van der Waals surface area contributed by atoms with Crippen LogP contribution in [-0.2, 0) is 4.74 Å². The normalized spacial score (nSPS) is 20.8. The van der Waals surface area contributed by atoms with E-state index < -0.39 is 0 Å². The highest BCUT2D eigenvalue weighted by Gasteiger charge is 2.31. The first-order valence-corrected chi connectivity index (χ1v) is 6.41. The summed E-state index contributed by atoms with van der Waals surface area (Å²) in [5.41, 5.74) is -0.0356. The summed E-state index contributed by atoms with van der Waals surface area (Å²) in [7, 11) is 2.06. The summed E-state index contributed by atoms with van der Waals surface area (Å²) < 4.78 is 5.83. The van der Waals surface area contributed by atoms with E-state index in [9.17, 15) is 0 Å². The minimum atomic E-state index is -0.0356. The summed E-state index contributed by atoms with van der Waals surface area (Å²) in [5, 5.41) is 3.43. The van der Waals surface area contributed by atoms with Gasteiger partial charge >= 0.3 is 0 Å². The lowest BCUT2D eigenvalue weighted by atomic mass is 9.88. The third-order valence-corrected chi connectivity index (χ3v) is 3.75. The topological polar surface area (TPSA) is 21.3 Å². The number of rotatable bonds is 6. The van der Waals surface area contributed by atoms with E-state index in [2.05, 4.69) is 33.1 Å². The Morgan fingerprint density at radius 3 is 2.40 bits per heavy atom. The van der Waals surface area contributed by atoms with Crippen LogP contribution < -0.4 is 5.32 Å². The standard InChI is InChI=1S/C13H27NO/c1-5-15-13(2,3)12(14-4)10-11-8-6-7-9-11/h11-12,14H,5-10H2,1-4H3. The molecule has 15 heavy (non-hydrogen) atoms. The smallest absolute Gasteiger partial charge is 0.0778 e. The average molecular weight is 213 g/mol. The van der Waals surface area contributed by atoms with Crippen LogP contribution in [0.1, 0.15) is 52.9 Å². The largest absolute Gasteiger partial charge is 0.374 e. The van der Waals surface area contributed by atoms with Crippen molar-refractivity contribution >= 4 is 0 Å². The van der Waals surface area contributed by atoms with Gasteiger partial charge in [-0.25, -0.2) is 0 Å². The van der Waals surface area contributed by atoms with Crippen molar-refractivity contribution in [2.75, 3.05) is 13.7 Å². The van der Waals surface area contributed by atoms with Gasteiger partial charge in [0.25, 0.3) is 0 Å². The van der Waals surface area contributed by atoms with E-state index in [0.717, 1.165) is 12.5 Å². The molecule has 0 saturated heterocycles. The maximum Gasteiger partial charge on any atom is 0.0778 e. The fourth-order valence-electron chi connectivity index (χ4n) is 2.80. The van der Waals surface area contributed by atoms with Crippen LogP contribution >= 0.6 is 0 Å². The molecular weight excluding hydrogens is 186 g/mol. The number of hydrogen-bond acceptors (Lipinski definition) is 2. The van der Waals surface area contributed by atoms with Gasteiger partial charge in [0.1, 0.15) is 0 Å². The van der Waals surface area contributed by atoms with Crippen molar-refractivity contribution in [1.29, 1.82) is 0 Å². The molecule has 1 N–H and O–H groups in total. The monoisotopic (exact) mass is 213 g/mol. The molecule has 2 nitrogen and oxygen atoms in total. The minimum absolute atomic E-state index is 0.0356. The molecule has 1 atom stereocenters. The summed E-state index contributed by atoms with van der Waals surface area (Å²) in [4.78, 5) is 0. The van der Waals surface area contributed by atoms with Crippen LogP contribution in [0.3, 0.4) is 0 Å².